The Balaban J connectivity index is 1.64. The Morgan fingerprint density at radius 3 is 2.48 bits per heavy atom. The third-order valence-electron chi connectivity index (χ3n) is 5.40. The lowest BCUT2D eigenvalue weighted by molar-refractivity contribution is -0.174. The van der Waals surface area contributed by atoms with Crippen molar-refractivity contribution in [1.82, 2.24) is 5.32 Å². The van der Waals surface area contributed by atoms with Gasteiger partial charge in [-0.05, 0) is 46.8 Å². The average molecular weight is 404 g/mol. The van der Waals surface area contributed by atoms with E-state index in [0.29, 0.717) is 17.9 Å². The Bertz CT molecular complexity index is 823. The van der Waals surface area contributed by atoms with E-state index in [9.17, 15) is 9.59 Å². The van der Waals surface area contributed by atoms with Crippen LogP contribution in [0.2, 0.25) is 0 Å². The molecule has 0 bridgehead atoms. The van der Waals surface area contributed by atoms with E-state index in [-0.39, 0.29) is 24.5 Å². The summed E-state index contributed by atoms with van der Waals surface area (Å²) in [5.41, 5.74) is 1.02. The van der Waals surface area contributed by atoms with Crippen LogP contribution in [-0.4, -0.2) is 60.9 Å². The van der Waals surface area contributed by atoms with Gasteiger partial charge in [0.05, 0.1) is 24.4 Å². The first-order chi connectivity index (χ1) is 13.6. The molecule has 4 atom stereocenters. The van der Waals surface area contributed by atoms with Gasteiger partial charge in [0.15, 0.2) is 11.6 Å². The number of ether oxygens (including phenoxy) is 4. The summed E-state index contributed by atoms with van der Waals surface area (Å²) >= 11 is 0. The Hall–Kier alpha value is -2.00. The molecule has 0 spiro atoms. The molecule has 8 heteroatoms. The van der Waals surface area contributed by atoms with Gasteiger partial charge >= 0.3 is 0 Å². The van der Waals surface area contributed by atoms with Gasteiger partial charge in [-0.15, -0.1) is 0 Å². The van der Waals surface area contributed by atoms with Crippen molar-refractivity contribution in [3.8, 4) is 0 Å². The highest BCUT2D eigenvalue weighted by Crippen LogP contribution is 2.37. The van der Waals surface area contributed by atoms with Crippen LogP contribution < -0.4 is 10.2 Å². The number of nitrogens with zero attached hydrogens (tertiary/aromatic N) is 1. The highest BCUT2D eigenvalue weighted by atomic mass is 16.8. The van der Waals surface area contributed by atoms with Crippen molar-refractivity contribution in [2.24, 2.45) is 0 Å². The van der Waals surface area contributed by atoms with E-state index in [1.54, 1.807) is 30.0 Å². The average Bonchev–Trinajstić information content (AvgIpc) is 3.14. The van der Waals surface area contributed by atoms with Crippen molar-refractivity contribution in [2.75, 3.05) is 18.1 Å². The molecule has 0 radical (unpaired) electrons. The number of rotatable bonds is 3. The van der Waals surface area contributed by atoms with Gasteiger partial charge < -0.3 is 29.2 Å². The van der Waals surface area contributed by atoms with Crippen LogP contribution >= 0.6 is 0 Å². The second-order valence-electron chi connectivity index (χ2n) is 8.67. The smallest absolute Gasteiger partial charge is 0.254 e. The number of anilines is 1. The van der Waals surface area contributed by atoms with Crippen LogP contribution in [0, 0.1) is 0 Å². The normalized spacial score (nSPS) is 33.3. The lowest BCUT2D eigenvalue weighted by Gasteiger charge is -2.29. The Labute approximate surface area is 170 Å². The molecule has 2 saturated heterocycles. The molecule has 1 unspecified atom stereocenters. The number of carbonyl (C=O) groups excluding carboxylic acids is 2. The minimum Gasteiger partial charge on any atom is -0.348 e. The highest BCUT2D eigenvalue weighted by Gasteiger charge is 2.51. The zero-order valence-electron chi connectivity index (χ0n) is 17.4. The van der Waals surface area contributed by atoms with Crippen LogP contribution in [0.15, 0.2) is 24.3 Å². The number of hydrogen-bond donors (Lipinski definition) is 1. The summed E-state index contributed by atoms with van der Waals surface area (Å²) in [5.74, 6) is -1.97. The third kappa shape index (κ3) is 3.90. The maximum Gasteiger partial charge on any atom is 0.254 e. The number of hydrogen-bond acceptors (Lipinski definition) is 6. The van der Waals surface area contributed by atoms with E-state index in [1.807, 2.05) is 33.8 Å². The minimum absolute atomic E-state index is 0.195. The van der Waals surface area contributed by atoms with Gasteiger partial charge in [-0.3, -0.25) is 9.59 Å². The molecule has 158 valence electrons. The molecule has 29 heavy (non-hydrogen) atoms. The number of para-hydroxylation sites is 1. The summed E-state index contributed by atoms with van der Waals surface area (Å²) in [4.78, 5) is 27.2. The van der Waals surface area contributed by atoms with Crippen LogP contribution in [0.3, 0.4) is 0 Å². The summed E-state index contributed by atoms with van der Waals surface area (Å²) in [6.45, 7) is 9.70. The molecular formula is C21H28N2O6. The van der Waals surface area contributed by atoms with E-state index in [0.717, 1.165) is 0 Å². The van der Waals surface area contributed by atoms with Crippen LogP contribution in [0.4, 0.5) is 5.69 Å². The molecule has 8 nitrogen and oxygen atoms in total. The van der Waals surface area contributed by atoms with Gasteiger partial charge in [0.25, 0.3) is 5.91 Å². The molecule has 1 aromatic carbocycles. The Kier molecular flexibility index (Phi) is 4.93. The molecular weight excluding hydrogens is 376 g/mol. The second kappa shape index (κ2) is 7.05. The van der Waals surface area contributed by atoms with Crippen LogP contribution in [-0.2, 0) is 23.7 Å². The molecule has 2 amide bonds. The van der Waals surface area contributed by atoms with Crippen LogP contribution in [0.5, 0.6) is 0 Å². The van der Waals surface area contributed by atoms with Crippen LogP contribution in [0.25, 0.3) is 0 Å². The quantitative estimate of drug-likeness (QED) is 0.827. The van der Waals surface area contributed by atoms with Crippen molar-refractivity contribution in [3.05, 3.63) is 29.8 Å². The Morgan fingerprint density at radius 1 is 1.07 bits per heavy atom. The van der Waals surface area contributed by atoms with Gasteiger partial charge in [-0.25, -0.2) is 0 Å². The van der Waals surface area contributed by atoms with Crippen molar-refractivity contribution >= 4 is 17.5 Å². The van der Waals surface area contributed by atoms with Crippen molar-refractivity contribution in [1.29, 1.82) is 0 Å². The maximum atomic E-state index is 13.1. The van der Waals surface area contributed by atoms with E-state index >= 15 is 0 Å². The number of nitrogens with one attached hydrogen (secondary N) is 1. The number of amides is 2. The van der Waals surface area contributed by atoms with E-state index in [2.05, 4.69) is 5.32 Å². The zero-order valence-corrected chi connectivity index (χ0v) is 17.4. The molecule has 4 rings (SSSR count). The lowest BCUT2D eigenvalue weighted by Crippen LogP contribution is -2.50. The number of fused-ring (bicyclic) bond motifs is 1. The van der Waals surface area contributed by atoms with Crippen molar-refractivity contribution < 1.29 is 28.5 Å². The first kappa shape index (κ1) is 20.3. The summed E-state index contributed by atoms with van der Waals surface area (Å²) < 4.78 is 24.0. The monoisotopic (exact) mass is 404 g/mol. The molecule has 0 saturated carbocycles. The third-order valence-corrected chi connectivity index (χ3v) is 5.40. The number of benzene rings is 1. The second-order valence-corrected chi connectivity index (χ2v) is 8.67. The highest BCUT2D eigenvalue weighted by molar-refractivity contribution is 6.10. The van der Waals surface area contributed by atoms with Gasteiger partial charge in [-0.2, -0.15) is 0 Å². The fourth-order valence-electron chi connectivity index (χ4n) is 4.15. The van der Waals surface area contributed by atoms with Gasteiger partial charge in [0, 0.05) is 0 Å². The zero-order chi connectivity index (χ0) is 21.0. The summed E-state index contributed by atoms with van der Waals surface area (Å²) in [6.07, 6.45) is -1.16. The lowest BCUT2D eigenvalue weighted by atomic mass is 10.1. The number of carbonyl (C=O) groups is 2. The Morgan fingerprint density at radius 2 is 1.79 bits per heavy atom. The van der Waals surface area contributed by atoms with Crippen molar-refractivity contribution in [2.45, 2.75) is 70.5 Å². The molecule has 1 aromatic rings. The van der Waals surface area contributed by atoms with E-state index < -0.39 is 29.8 Å². The van der Waals surface area contributed by atoms with E-state index in [1.165, 1.54) is 0 Å². The molecule has 2 fully saturated rings. The predicted molar refractivity (Wildman–Crippen MR) is 104 cm³/mol. The summed E-state index contributed by atoms with van der Waals surface area (Å²) in [6, 6.07) is 6.44. The molecule has 3 aliphatic heterocycles. The molecule has 3 heterocycles. The fourth-order valence-corrected chi connectivity index (χ4v) is 4.15. The van der Waals surface area contributed by atoms with Crippen LogP contribution in [0.1, 0.15) is 45.0 Å². The SMILES string of the molecule is CC1NC(=O)c2ccccc2N(C[C@@H]2OC(C)(C)O[C@H]2[C@H]2COC(C)(C)O2)C1=O. The first-order valence-corrected chi connectivity index (χ1v) is 9.95. The predicted octanol–water partition coefficient (Wildman–Crippen LogP) is 1.82. The van der Waals surface area contributed by atoms with Gasteiger partial charge in [0.2, 0.25) is 5.91 Å². The fraction of sp³-hybridized carbons (Fsp3) is 0.619. The molecule has 3 aliphatic rings. The molecule has 1 N–H and O–H groups in total. The maximum absolute atomic E-state index is 13.1. The minimum atomic E-state index is -0.820. The molecule has 0 aliphatic carbocycles. The summed E-state index contributed by atoms with van der Waals surface area (Å²) in [7, 11) is 0. The largest absolute Gasteiger partial charge is 0.348 e. The van der Waals surface area contributed by atoms with Crippen molar-refractivity contribution in [3.63, 3.8) is 0 Å². The standard InChI is InChI=1S/C21H28N2O6/c1-12-19(25)23(14-9-7-6-8-13(14)18(24)22-12)10-15-17(29-21(4,5)27-15)16-11-26-20(2,3)28-16/h6-9,12,15-17H,10-11H2,1-5H3,(H,22,24)/t12?,15-,16+,17+/m0/s1. The van der Waals surface area contributed by atoms with Gasteiger partial charge in [-0.1, -0.05) is 12.1 Å². The topological polar surface area (TPSA) is 86.3 Å². The van der Waals surface area contributed by atoms with Gasteiger partial charge in [0.1, 0.15) is 24.4 Å². The first-order valence-electron chi connectivity index (χ1n) is 9.95. The van der Waals surface area contributed by atoms with E-state index in [4.69, 9.17) is 18.9 Å². The molecule has 0 aromatic heterocycles. The summed E-state index contributed by atoms with van der Waals surface area (Å²) in [5, 5.41) is 2.75.